The number of benzene rings is 1. The van der Waals surface area contributed by atoms with Crippen molar-refractivity contribution in [1.82, 2.24) is 5.32 Å². The van der Waals surface area contributed by atoms with Crippen molar-refractivity contribution in [1.29, 1.82) is 0 Å². The highest BCUT2D eigenvalue weighted by Crippen LogP contribution is 2.20. The lowest BCUT2D eigenvalue weighted by Gasteiger charge is -2.33. The Balaban J connectivity index is 2.86. The molecular weight excluding hydrogens is 174 g/mol. The van der Waals surface area contributed by atoms with Gasteiger partial charge in [0, 0.05) is 5.54 Å². The molecule has 78 valence electrons. The fourth-order valence-electron chi connectivity index (χ4n) is 1.57. The fourth-order valence-corrected chi connectivity index (χ4v) is 1.57. The lowest BCUT2D eigenvalue weighted by atomic mass is 10.00. The van der Waals surface area contributed by atoms with Gasteiger partial charge in [-0.05, 0) is 33.3 Å². The van der Waals surface area contributed by atoms with E-state index in [4.69, 9.17) is 0 Å². The summed E-state index contributed by atoms with van der Waals surface area (Å²) in [5, 5.41) is 13.4. The zero-order chi connectivity index (χ0) is 10.8. The number of rotatable bonds is 2. The summed E-state index contributed by atoms with van der Waals surface area (Å²) in [6.45, 7) is 7.87. The Labute approximate surface area is 86.0 Å². The van der Waals surface area contributed by atoms with Crippen LogP contribution in [-0.2, 0) is 5.72 Å². The molecule has 0 heterocycles. The van der Waals surface area contributed by atoms with E-state index in [1.807, 2.05) is 51.1 Å². The highest BCUT2D eigenvalue weighted by Gasteiger charge is 2.27. The van der Waals surface area contributed by atoms with Crippen LogP contribution in [0.4, 0.5) is 0 Å². The molecular formula is C12H19NO. The Hall–Kier alpha value is -0.860. The Morgan fingerprint density at radius 3 is 1.93 bits per heavy atom. The van der Waals surface area contributed by atoms with Gasteiger partial charge in [-0.2, -0.15) is 0 Å². The summed E-state index contributed by atoms with van der Waals surface area (Å²) < 4.78 is 0. The highest BCUT2D eigenvalue weighted by atomic mass is 16.3. The smallest absolute Gasteiger partial charge is 0.139 e. The molecule has 0 aliphatic heterocycles. The molecule has 0 amide bonds. The molecule has 0 saturated carbocycles. The quantitative estimate of drug-likeness (QED) is 0.706. The summed E-state index contributed by atoms with van der Waals surface area (Å²) in [5.41, 5.74) is -0.200. The van der Waals surface area contributed by atoms with Gasteiger partial charge >= 0.3 is 0 Å². The molecule has 0 saturated heterocycles. The van der Waals surface area contributed by atoms with Crippen molar-refractivity contribution in [2.45, 2.75) is 39.0 Å². The molecule has 2 heteroatoms. The Kier molecular flexibility index (Phi) is 2.98. The standard InChI is InChI=1S/C12H19NO/c1-11(2,3)13-12(4,14)10-8-6-5-7-9-10/h5-9,13-14H,1-4H3/t12-/m0/s1. The van der Waals surface area contributed by atoms with Crippen LogP contribution in [0.5, 0.6) is 0 Å². The van der Waals surface area contributed by atoms with E-state index in [2.05, 4.69) is 5.32 Å². The third kappa shape index (κ3) is 3.13. The maximum Gasteiger partial charge on any atom is 0.139 e. The van der Waals surface area contributed by atoms with Gasteiger partial charge in [-0.3, -0.25) is 5.32 Å². The Morgan fingerprint density at radius 2 is 1.50 bits per heavy atom. The van der Waals surface area contributed by atoms with E-state index in [1.165, 1.54) is 0 Å². The van der Waals surface area contributed by atoms with Crippen LogP contribution < -0.4 is 5.32 Å². The zero-order valence-corrected chi connectivity index (χ0v) is 9.33. The van der Waals surface area contributed by atoms with E-state index in [9.17, 15) is 5.11 Å². The molecule has 0 unspecified atom stereocenters. The normalized spacial score (nSPS) is 16.4. The van der Waals surface area contributed by atoms with Gasteiger partial charge < -0.3 is 5.11 Å². The van der Waals surface area contributed by atoms with Gasteiger partial charge in [0.2, 0.25) is 0 Å². The predicted molar refractivity (Wildman–Crippen MR) is 58.9 cm³/mol. The molecule has 2 nitrogen and oxygen atoms in total. The Morgan fingerprint density at radius 1 is 1.00 bits per heavy atom. The lowest BCUT2D eigenvalue weighted by molar-refractivity contribution is -0.00417. The first-order valence-electron chi connectivity index (χ1n) is 4.88. The Bertz CT molecular complexity index is 285. The average molecular weight is 193 g/mol. The lowest BCUT2D eigenvalue weighted by Crippen LogP contribution is -2.50. The van der Waals surface area contributed by atoms with Crippen molar-refractivity contribution in [2.24, 2.45) is 0 Å². The molecule has 2 N–H and O–H groups in total. The molecule has 1 rings (SSSR count). The maximum absolute atomic E-state index is 10.2. The van der Waals surface area contributed by atoms with Crippen LogP contribution in [0.2, 0.25) is 0 Å². The number of nitrogens with one attached hydrogen (secondary N) is 1. The van der Waals surface area contributed by atoms with Crippen LogP contribution in [0.25, 0.3) is 0 Å². The third-order valence-electron chi connectivity index (χ3n) is 1.95. The molecule has 14 heavy (non-hydrogen) atoms. The third-order valence-corrected chi connectivity index (χ3v) is 1.95. The van der Waals surface area contributed by atoms with E-state index in [0.29, 0.717) is 0 Å². The van der Waals surface area contributed by atoms with Gasteiger partial charge in [0.25, 0.3) is 0 Å². The van der Waals surface area contributed by atoms with Gasteiger partial charge in [0.05, 0.1) is 0 Å². The van der Waals surface area contributed by atoms with Crippen molar-refractivity contribution in [2.75, 3.05) is 0 Å². The van der Waals surface area contributed by atoms with Gasteiger partial charge in [-0.15, -0.1) is 0 Å². The summed E-state index contributed by atoms with van der Waals surface area (Å²) >= 11 is 0. The minimum absolute atomic E-state index is 0.112. The second kappa shape index (κ2) is 3.71. The molecule has 0 aliphatic carbocycles. The number of aliphatic hydroxyl groups is 1. The van der Waals surface area contributed by atoms with E-state index < -0.39 is 5.72 Å². The van der Waals surface area contributed by atoms with E-state index in [1.54, 1.807) is 6.92 Å². The van der Waals surface area contributed by atoms with Crippen LogP contribution in [0.3, 0.4) is 0 Å². The van der Waals surface area contributed by atoms with Gasteiger partial charge in [0.15, 0.2) is 0 Å². The topological polar surface area (TPSA) is 32.3 Å². The molecule has 0 aromatic heterocycles. The summed E-state index contributed by atoms with van der Waals surface area (Å²) in [7, 11) is 0. The molecule has 0 fully saturated rings. The minimum Gasteiger partial charge on any atom is -0.372 e. The second-order valence-corrected chi connectivity index (χ2v) is 4.81. The van der Waals surface area contributed by atoms with Crippen LogP contribution in [-0.4, -0.2) is 10.6 Å². The van der Waals surface area contributed by atoms with Gasteiger partial charge in [-0.25, -0.2) is 0 Å². The monoisotopic (exact) mass is 193 g/mol. The van der Waals surface area contributed by atoms with Crippen molar-refractivity contribution in [3.63, 3.8) is 0 Å². The molecule has 1 aromatic carbocycles. The van der Waals surface area contributed by atoms with Crippen LogP contribution in [0.1, 0.15) is 33.3 Å². The average Bonchev–Trinajstić information content (AvgIpc) is 2.01. The maximum atomic E-state index is 10.2. The summed E-state index contributed by atoms with van der Waals surface area (Å²) in [6, 6.07) is 9.62. The number of hydrogen-bond acceptors (Lipinski definition) is 2. The van der Waals surface area contributed by atoms with E-state index >= 15 is 0 Å². The van der Waals surface area contributed by atoms with Crippen molar-refractivity contribution >= 4 is 0 Å². The largest absolute Gasteiger partial charge is 0.372 e. The molecule has 1 atom stereocenters. The molecule has 0 radical (unpaired) electrons. The second-order valence-electron chi connectivity index (χ2n) is 4.81. The van der Waals surface area contributed by atoms with Crippen molar-refractivity contribution in [3.05, 3.63) is 35.9 Å². The van der Waals surface area contributed by atoms with Crippen LogP contribution in [0.15, 0.2) is 30.3 Å². The van der Waals surface area contributed by atoms with E-state index in [0.717, 1.165) is 5.56 Å². The fraction of sp³-hybridized carbons (Fsp3) is 0.500. The SMILES string of the molecule is CC(C)(C)N[C@@](C)(O)c1ccccc1. The first-order valence-corrected chi connectivity index (χ1v) is 4.88. The predicted octanol–water partition coefficient (Wildman–Crippen LogP) is 2.24. The van der Waals surface area contributed by atoms with Gasteiger partial charge in [-0.1, -0.05) is 30.3 Å². The summed E-state index contributed by atoms with van der Waals surface area (Å²) in [6.07, 6.45) is 0. The molecule has 0 spiro atoms. The molecule has 0 bridgehead atoms. The first kappa shape index (κ1) is 11.2. The molecule has 1 aromatic rings. The summed E-state index contributed by atoms with van der Waals surface area (Å²) in [4.78, 5) is 0. The minimum atomic E-state index is -0.973. The molecule has 0 aliphatic rings. The zero-order valence-electron chi connectivity index (χ0n) is 9.33. The van der Waals surface area contributed by atoms with E-state index in [-0.39, 0.29) is 5.54 Å². The van der Waals surface area contributed by atoms with Crippen LogP contribution in [0, 0.1) is 0 Å². The number of hydrogen-bond donors (Lipinski definition) is 2. The first-order chi connectivity index (χ1) is 6.31. The van der Waals surface area contributed by atoms with Gasteiger partial charge in [0.1, 0.15) is 5.72 Å². The van der Waals surface area contributed by atoms with Crippen molar-refractivity contribution < 1.29 is 5.11 Å². The van der Waals surface area contributed by atoms with Crippen molar-refractivity contribution in [3.8, 4) is 0 Å². The summed E-state index contributed by atoms with van der Waals surface area (Å²) in [5.74, 6) is 0. The highest BCUT2D eigenvalue weighted by molar-refractivity contribution is 5.21. The van der Waals surface area contributed by atoms with Crippen LogP contribution >= 0.6 is 0 Å².